The van der Waals surface area contributed by atoms with Crippen molar-refractivity contribution in [3.63, 3.8) is 0 Å². The summed E-state index contributed by atoms with van der Waals surface area (Å²) in [6.45, 7) is 7.30. The van der Waals surface area contributed by atoms with Crippen molar-refractivity contribution < 1.29 is 9.90 Å². The van der Waals surface area contributed by atoms with Crippen molar-refractivity contribution >= 4 is 11.6 Å². The number of carbonyl (C=O) groups is 1. The first-order valence-corrected chi connectivity index (χ1v) is 6.60. The topological polar surface area (TPSA) is 79.5 Å². The zero-order chi connectivity index (χ0) is 14.9. The van der Waals surface area contributed by atoms with Crippen LogP contribution in [0.4, 0.5) is 0 Å². The van der Waals surface area contributed by atoms with Crippen LogP contribution in [0, 0.1) is 6.92 Å². The second-order valence-corrected chi connectivity index (χ2v) is 5.78. The molecule has 2 aromatic rings. The Morgan fingerprint density at radius 1 is 1.55 bits per heavy atom. The van der Waals surface area contributed by atoms with E-state index in [9.17, 15) is 9.90 Å². The molecule has 0 spiro atoms. The quantitative estimate of drug-likeness (QED) is 0.882. The molecule has 20 heavy (non-hydrogen) atoms. The molecule has 2 heterocycles. The van der Waals surface area contributed by atoms with Crippen molar-refractivity contribution in [2.75, 3.05) is 0 Å². The van der Waals surface area contributed by atoms with E-state index < -0.39 is 11.6 Å². The van der Waals surface area contributed by atoms with Crippen LogP contribution in [0.5, 0.6) is 0 Å². The minimum Gasteiger partial charge on any atom is -0.393 e. The highest BCUT2D eigenvalue weighted by molar-refractivity contribution is 5.93. The SMILES string of the molecule is Cc1cc(C(=O)NC(C)(C)C[C@H](C)O)n2nccc2n1. The Kier molecular flexibility index (Phi) is 3.76. The van der Waals surface area contributed by atoms with Crippen molar-refractivity contribution in [2.24, 2.45) is 0 Å². The molecule has 2 aromatic heterocycles. The van der Waals surface area contributed by atoms with Gasteiger partial charge in [0, 0.05) is 17.3 Å². The Morgan fingerprint density at radius 2 is 2.25 bits per heavy atom. The summed E-state index contributed by atoms with van der Waals surface area (Å²) in [5, 5.41) is 16.5. The third-order valence-corrected chi connectivity index (χ3v) is 2.98. The molecule has 0 saturated carbocycles. The van der Waals surface area contributed by atoms with E-state index in [4.69, 9.17) is 0 Å². The van der Waals surface area contributed by atoms with E-state index in [2.05, 4.69) is 15.4 Å². The number of aliphatic hydroxyl groups is 1. The maximum absolute atomic E-state index is 12.4. The number of aromatic nitrogens is 3. The van der Waals surface area contributed by atoms with E-state index in [1.54, 1.807) is 25.3 Å². The molecule has 0 radical (unpaired) electrons. The van der Waals surface area contributed by atoms with Gasteiger partial charge in [-0.1, -0.05) is 0 Å². The fourth-order valence-electron chi connectivity index (χ4n) is 2.36. The van der Waals surface area contributed by atoms with Gasteiger partial charge >= 0.3 is 0 Å². The number of aliphatic hydroxyl groups excluding tert-OH is 1. The number of aryl methyl sites for hydroxylation is 1. The van der Waals surface area contributed by atoms with Crippen LogP contribution in [-0.4, -0.2) is 37.3 Å². The van der Waals surface area contributed by atoms with Gasteiger partial charge in [0.2, 0.25) is 0 Å². The molecule has 1 amide bonds. The summed E-state index contributed by atoms with van der Waals surface area (Å²) in [5.74, 6) is -0.227. The number of nitrogens with one attached hydrogen (secondary N) is 1. The lowest BCUT2D eigenvalue weighted by Crippen LogP contribution is -2.45. The van der Waals surface area contributed by atoms with E-state index in [0.29, 0.717) is 17.8 Å². The third-order valence-electron chi connectivity index (χ3n) is 2.98. The van der Waals surface area contributed by atoms with Crippen molar-refractivity contribution in [1.82, 2.24) is 19.9 Å². The second-order valence-electron chi connectivity index (χ2n) is 5.78. The largest absolute Gasteiger partial charge is 0.393 e. The minimum atomic E-state index is -0.498. The molecule has 1 atom stereocenters. The van der Waals surface area contributed by atoms with E-state index >= 15 is 0 Å². The smallest absolute Gasteiger partial charge is 0.270 e. The fraction of sp³-hybridized carbons (Fsp3) is 0.500. The molecule has 0 unspecified atom stereocenters. The first-order valence-electron chi connectivity index (χ1n) is 6.60. The Morgan fingerprint density at radius 3 is 2.90 bits per heavy atom. The maximum Gasteiger partial charge on any atom is 0.270 e. The first-order chi connectivity index (χ1) is 9.28. The van der Waals surface area contributed by atoms with Crippen LogP contribution in [0.2, 0.25) is 0 Å². The second kappa shape index (κ2) is 5.20. The summed E-state index contributed by atoms with van der Waals surface area (Å²) in [6, 6.07) is 3.46. The van der Waals surface area contributed by atoms with Crippen molar-refractivity contribution in [3.8, 4) is 0 Å². The number of rotatable bonds is 4. The van der Waals surface area contributed by atoms with Crippen molar-refractivity contribution in [2.45, 2.75) is 45.8 Å². The summed E-state index contributed by atoms with van der Waals surface area (Å²) < 4.78 is 1.51. The van der Waals surface area contributed by atoms with Gasteiger partial charge in [-0.2, -0.15) is 5.10 Å². The molecule has 6 nitrogen and oxygen atoms in total. The maximum atomic E-state index is 12.4. The summed E-state index contributed by atoms with van der Waals surface area (Å²) >= 11 is 0. The molecule has 2 rings (SSSR count). The number of carbonyl (C=O) groups excluding carboxylic acids is 1. The number of nitrogens with zero attached hydrogens (tertiary/aromatic N) is 3. The van der Waals surface area contributed by atoms with Crippen molar-refractivity contribution in [1.29, 1.82) is 0 Å². The molecule has 108 valence electrons. The van der Waals surface area contributed by atoms with E-state index in [-0.39, 0.29) is 5.91 Å². The van der Waals surface area contributed by atoms with Gasteiger partial charge < -0.3 is 10.4 Å². The van der Waals surface area contributed by atoms with Crippen LogP contribution < -0.4 is 5.32 Å². The van der Waals surface area contributed by atoms with Crippen LogP contribution in [0.3, 0.4) is 0 Å². The molecule has 0 fully saturated rings. The predicted molar refractivity (Wildman–Crippen MR) is 75.6 cm³/mol. The fourth-order valence-corrected chi connectivity index (χ4v) is 2.36. The molecule has 6 heteroatoms. The van der Waals surface area contributed by atoms with Crippen LogP contribution in [0.15, 0.2) is 18.3 Å². The van der Waals surface area contributed by atoms with Gasteiger partial charge in [-0.05, 0) is 40.2 Å². The lowest BCUT2D eigenvalue weighted by molar-refractivity contribution is 0.0862. The zero-order valence-electron chi connectivity index (χ0n) is 12.2. The Hall–Kier alpha value is -1.95. The number of hydrogen-bond donors (Lipinski definition) is 2. The zero-order valence-corrected chi connectivity index (χ0v) is 12.2. The van der Waals surface area contributed by atoms with Crippen LogP contribution >= 0.6 is 0 Å². The summed E-state index contributed by atoms with van der Waals surface area (Å²) in [6.07, 6.45) is 1.61. The predicted octanol–water partition coefficient (Wildman–Crippen LogP) is 1.32. The molecule has 2 N–H and O–H groups in total. The molecule has 0 aliphatic carbocycles. The van der Waals surface area contributed by atoms with Gasteiger partial charge in [0.1, 0.15) is 5.69 Å². The van der Waals surface area contributed by atoms with E-state index in [1.165, 1.54) is 4.52 Å². The van der Waals surface area contributed by atoms with E-state index in [1.807, 2.05) is 20.8 Å². The van der Waals surface area contributed by atoms with Gasteiger partial charge in [-0.3, -0.25) is 4.79 Å². The molecular formula is C14H20N4O2. The van der Waals surface area contributed by atoms with Gasteiger partial charge in [0.15, 0.2) is 5.65 Å². The molecule has 0 saturated heterocycles. The summed E-state index contributed by atoms with van der Waals surface area (Å²) in [5.41, 5.74) is 1.35. The Labute approximate surface area is 117 Å². The summed E-state index contributed by atoms with van der Waals surface area (Å²) in [4.78, 5) is 16.7. The Balaban J connectivity index is 2.30. The van der Waals surface area contributed by atoms with Crippen LogP contribution in [0.25, 0.3) is 5.65 Å². The molecular weight excluding hydrogens is 256 g/mol. The van der Waals surface area contributed by atoms with Gasteiger partial charge in [-0.25, -0.2) is 9.50 Å². The van der Waals surface area contributed by atoms with Crippen LogP contribution in [0.1, 0.15) is 43.4 Å². The third kappa shape index (κ3) is 3.14. The van der Waals surface area contributed by atoms with Crippen molar-refractivity contribution in [3.05, 3.63) is 29.7 Å². The average Bonchev–Trinajstić information content (AvgIpc) is 2.72. The van der Waals surface area contributed by atoms with Crippen LogP contribution in [-0.2, 0) is 0 Å². The monoisotopic (exact) mass is 276 g/mol. The lowest BCUT2D eigenvalue weighted by Gasteiger charge is -2.27. The standard InChI is InChI=1S/C14H20N4O2/c1-9-7-11(18-12(16-9)5-6-15-18)13(20)17-14(3,4)8-10(2)19/h5-7,10,19H,8H2,1-4H3,(H,17,20)/t10-/m0/s1. The highest BCUT2D eigenvalue weighted by atomic mass is 16.3. The normalized spacial score (nSPS) is 13.4. The number of amides is 1. The van der Waals surface area contributed by atoms with Gasteiger partial charge in [-0.15, -0.1) is 0 Å². The molecule has 0 aromatic carbocycles. The van der Waals surface area contributed by atoms with E-state index in [0.717, 1.165) is 5.69 Å². The molecule has 0 aliphatic heterocycles. The molecule has 0 aliphatic rings. The van der Waals surface area contributed by atoms with Gasteiger partial charge in [0.25, 0.3) is 5.91 Å². The molecule has 0 bridgehead atoms. The highest BCUT2D eigenvalue weighted by Crippen LogP contribution is 2.14. The summed E-state index contributed by atoms with van der Waals surface area (Å²) in [7, 11) is 0. The lowest BCUT2D eigenvalue weighted by atomic mass is 9.97. The van der Waals surface area contributed by atoms with Gasteiger partial charge in [0.05, 0.1) is 12.3 Å². The Bertz CT molecular complexity index is 631. The average molecular weight is 276 g/mol. The number of fused-ring (bicyclic) bond motifs is 1. The minimum absolute atomic E-state index is 0.227. The first kappa shape index (κ1) is 14.5. The highest BCUT2D eigenvalue weighted by Gasteiger charge is 2.24. The number of hydrogen-bond acceptors (Lipinski definition) is 4.